The van der Waals surface area contributed by atoms with Crippen LogP contribution in [-0.2, 0) is 9.63 Å². The number of anilines is 1. The van der Waals surface area contributed by atoms with Crippen molar-refractivity contribution >= 4 is 17.3 Å². The van der Waals surface area contributed by atoms with E-state index in [-0.39, 0.29) is 17.7 Å². The SMILES string of the molecule is N#Cc1cccc(NC(=O)[C@]23ON=C(c4cccnc4)[C@H]2[C@@H]2CC[C@H]3C2)c1. The van der Waals surface area contributed by atoms with Gasteiger partial charge < -0.3 is 10.2 Å². The fourth-order valence-corrected chi connectivity index (χ4v) is 5.06. The van der Waals surface area contributed by atoms with Crippen LogP contribution < -0.4 is 5.32 Å². The van der Waals surface area contributed by atoms with Gasteiger partial charge in [0.1, 0.15) is 0 Å². The first-order chi connectivity index (χ1) is 13.2. The summed E-state index contributed by atoms with van der Waals surface area (Å²) in [5.74, 6) is 0.328. The van der Waals surface area contributed by atoms with Gasteiger partial charge in [-0.05, 0) is 55.5 Å². The number of rotatable bonds is 3. The molecule has 134 valence electrons. The molecule has 6 heteroatoms. The van der Waals surface area contributed by atoms with Crippen LogP contribution in [-0.4, -0.2) is 22.2 Å². The second-order valence-electron chi connectivity index (χ2n) is 7.50. The van der Waals surface area contributed by atoms with Crippen molar-refractivity contribution in [1.29, 1.82) is 5.26 Å². The van der Waals surface area contributed by atoms with E-state index in [0.717, 1.165) is 30.5 Å². The molecule has 2 saturated carbocycles. The predicted octanol–water partition coefficient (Wildman–Crippen LogP) is 3.11. The molecule has 3 aliphatic rings. The number of hydrogen-bond acceptors (Lipinski definition) is 5. The molecule has 2 bridgehead atoms. The molecule has 0 saturated heterocycles. The van der Waals surface area contributed by atoms with Gasteiger partial charge in [0, 0.05) is 29.6 Å². The Morgan fingerprint density at radius 1 is 1.30 bits per heavy atom. The third-order valence-corrected chi connectivity index (χ3v) is 6.16. The van der Waals surface area contributed by atoms with Gasteiger partial charge in [0.15, 0.2) is 0 Å². The molecule has 0 radical (unpaired) electrons. The molecule has 1 amide bonds. The molecule has 2 heterocycles. The van der Waals surface area contributed by atoms with Crippen LogP contribution in [0.5, 0.6) is 0 Å². The van der Waals surface area contributed by atoms with E-state index in [2.05, 4.69) is 21.5 Å². The first kappa shape index (κ1) is 16.0. The van der Waals surface area contributed by atoms with Crippen LogP contribution >= 0.6 is 0 Å². The molecule has 5 rings (SSSR count). The van der Waals surface area contributed by atoms with Crippen LogP contribution in [0.15, 0.2) is 53.9 Å². The molecule has 1 N–H and O–H groups in total. The molecule has 4 atom stereocenters. The van der Waals surface area contributed by atoms with Gasteiger partial charge in [-0.2, -0.15) is 5.26 Å². The van der Waals surface area contributed by atoms with Crippen LogP contribution in [0.1, 0.15) is 30.4 Å². The fraction of sp³-hybridized carbons (Fsp3) is 0.333. The van der Waals surface area contributed by atoms with E-state index >= 15 is 0 Å². The Labute approximate surface area is 156 Å². The average molecular weight is 358 g/mol. The Morgan fingerprint density at radius 2 is 2.22 bits per heavy atom. The van der Waals surface area contributed by atoms with Crippen molar-refractivity contribution in [2.75, 3.05) is 5.32 Å². The lowest BCUT2D eigenvalue weighted by atomic mass is 9.72. The standard InChI is InChI=1S/C21H18N4O2/c22-11-13-3-1-5-17(9-13)24-20(26)21-16-7-6-14(10-16)18(21)19(25-27-21)15-4-2-8-23-12-15/h1-5,8-9,12,14,16,18H,6-7,10H2,(H,24,26)/t14-,16+,18-,21-/m1/s1. The summed E-state index contributed by atoms with van der Waals surface area (Å²) in [6, 6.07) is 12.9. The monoisotopic (exact) mass is 358 g/mol. The quantitative estimate of drug-likeness (QED) is 0.913. The maximum atomic E-state index is 13.4. The van der Waals surface area contributed by atoms with E-state index in [1.807, 2.05) is 12.1 Å². The number of pyridine rings is 1. The average Bonchev–Trinajstić information content (AvgIpc) is 3.41. The number of aromatic nitrogens is 1. The number of carbonyl (C=O) groups is 1. The zero-order valence-electron chi connectivity index (χ0n) is 14.6. The Balaban J connectivity index is 1.49. The summed E-state index contributed by atoms with van der Waals surface area (Å²) in [5.41, 5.74) is 1.90. The highest BCUT2D eigenvalue weighted by molar-refractivity contribution is 6.10. The second-order valence-corrected chi connectivity index (χ2v) is 7.50. The van der Waals surface area contributed by atoms with Gasteiger partial charge in [0.2, 0.25) is 5.60 Å². The summed E-state index contributed by atoms with van der Waals surface area (Å²) in [6.07, 6.45) is 6.55. The summed E-state index contributed by atoms with van der Waals surface area (Å²) in [6.45, 7) is 0. The number of nitrogens with zero attached hydrogens (tertiary/aromatic N) is 3. The lowest BCUT2D eigenvalue weighted by Crippen LogP contribution is -2.53. The summed E-state index contributed by atoms with van der Waals surface area (Å²) in [5, 5.41) is 16.4. The fourth-order valence-electron chi connectivity index (χ4n) is 5.06. The van der Waals surface area contributed by atoms with Crippen molar-refractivity contribution in [3.8, 4) is 6.07 Å². The van der Waals surface area contributed by atoms with Gasteiger partial charge in [0.05, 0.1) is 23.3 Å². The lowest BCUT2D eigenvalue weighted by molar-refractivity contribution is -0.149. The molecule has 27 heavy (non-hydrogen) atoms. The summed E-state index contributed by atoms with van der Waals surface area (Å²) in [7, 11) is 0. The van der Waals surface area contributed by atoms with Gasteiger partial charge in [-0.3, -0.25) is 9.78 Å². The van der Waals surface area contributed by atoms with E-state index in [0.29, 0.717) is 17.2 Å². The Morgan fingerprint density at radius 3 is 3.04 bits per heavy atom. The summed E-state index contributed by atoms with van der Waals surface area (Å²) >= 11 is 0. The Hall–Kier alpha value is -3.20. The number of carbonyl (C=O) groups excluding carboxylic acids is 1. The van der Waals surface area contributed by atoms with Crippen LogP contribution in [0.4, 0.5) is 5.69 Å². The third kappa shape index (κ3) is 2.28. The number of nitrogens with one attached hydrogen (secondary N) is 1. The molecule has 1 aromatic carbocycles. The minimum Gasteiger partial charge on any atom is -0.378 e. The van der Waals surface area contributed by atoms with Crippen molar-refractivity contribution in [2.24, 2.45) is 22.9 Å². The smallest absolute Gasteiger partial charge is 0.272 e. The van der Waals surface area contributed by atoms with Gasteiger partial charge >= 0.3 is 0 Å². The molecule has 1 aliphatic heterocycles. The molecular formula is C21H18N4O2. The molecule has 2 aromatic rings. The van der Waals surface area contributed by atoms with E-state index in [1.54, 1.807) is 36.7 Å². The number of benzene rings is 1. The van der Waals surface area contributed by atoms with Gasteiger partial charge in [-0.15, -0.1) is 0 Å². The van der Waals surface area contributed by atoms with Crippen LogP contribution in [0.2, 0.25) is 0 Å². The minimum absolute atomic E-state index is 0.0559. The zero-order valence-corrected chi connectivity index (χ0v) is 14.6. The van der Waals surface area contributed by atoms with Crippen molar-refractivity contribution in [1.82, 2.24) is 4.98 Å². The second kappa shape index (κ2) is 5.92. The molecule has 0 unspecified atom stereocenters. The Kier molecular flexibility index (Phi) is 3.51. The van der Waals surface area contributed by atoms with Gasteiger partial charge in [-0.1, -0.05) is 11.2 Å². The first-order valence-electron chi connectivity index (χ1n) is 9.20. The number of amides is 1. The van der Waals surface area contributed by atoms with E-state index in [9.17, 15) is 4.79 Å². The van der Waals surface area contributed by atoms with Crippen LogP contribution in [0, 0.1) is 29.1 Å². The van der Waals surface area contributed by atoms with Gasteiger partial charge in [-0.25, -0.2) is 0 Å². The molecule has 1 aromatic heterocycles. The van der Waals surface area contributed by atoms with E-state index in [4.69, 9.17) is 10.1 Å². The van der Waals surface area contributed by atoms with Crippen molar-refractivity contribution in [3.05, 3.63) is 59.9 Å². The maximum Gasteiger partial charge on any atom is 0.272 e. The number of nitriles is 1. The Bertz CT molecular complexity index is 981. The highest BCUT2D eigenvalue weighted by Crippen LogP contribution is 2.60. The molecular weight excluding hydrogens is 340 g/mol. The number of fused-ring (bicyclic) bond motifs is 5. The minimum atomic E-state index is -0.962. The van der Waals surface area contributed by atoms with Crippen LogP contribution in [0.3, 0.4) is 0 Å². The largest absolute Gasteiger partial charge is 0.378 e. The predicted molar refractivity (Wildman–Crippen MR) is 98.7 cm³/mol. The van der Waals surface area contributed by atoms with E-state index in [1.165, 1.54) is 0 Å². The molecule has 2 fully saturated rings. The van der Waals surface area contributed by atoms with Crippen molar-refractivity contribution < 1.29 is 9.63 Å². The lowest BCUT2D eigenvalue weighted by Gasteiger charge is -2.35. The molecule has 0 spiro atoms. The highest BCUT2D eigenvalue weighted by atomic mass is 16.7. The van der Waals surface area contributed by atoms with Crippen molar-refractivity contribution in [2.45, 2.75) is 24.9 Å². The third-order valence-electron chi connectivity index (χ3n) is 6.16. The molecule has 2 aliphatic carbocycles. The van der Waals surface area contributed by atoms with Gasteiger partial charge in [0.25, 0.3) is 5.91 Å². The number of oxime groups is 1. The van der Waals surface area contributed by atoms with Crippen molar-refractivity contribution in [3.63, 3.8) is 0 Å². The number of hydrogen-bond donors (Lipinski definition) is 1. The summed E-state index contributed by atoms with van der Waals surface area (Å²) < 4.78 is 0. The topological polar surface area (TPSA) is 87.4 Å². The summed E-state index contributed by atoms with van der Waals surface area (Å²) in [4.78, 5) is 23.5. The first-order valence-corrected chi connectivity index (χ1v) is 9.20. The highest BCUT2D eigenvalue weighted by Gasteiger charge is 2.69. The van der Waals surface area contributed by atoms with E-state index < -0.39 is 5.60 Å². The maximum absolute atomic E-state index is 13.4. The normalized spacial score (nSPS) is 30.2. The molecule has 6 nitrogen and oxygen atoms in total. The zero-order chi connectivity index (χ0) is 18.4. The van der Waals surface area contributed by atoms with Crippen LogP contribution in [0.25, 0.3) is 0 Å².